The number of nitrogens with zero attached hydrogens (tertiary/aromatic N) is 1. The first-order valence-corrected chi connectivity index (χ1v) is 8.17. The smallest absolute Gasteiger partial charge is 0.427 e. The van der Waals surface area contributed by atoms with E-state index in [1.54, 1.807) is 0 Å². The van der Waals surface area contributed by atoms with Crippen molar-refractivity contribution in [3.8, 4) is 5.75 Å². The molecular weight excluding hydrogens is 298 g/mol. The van der Waals surface area contributed by atoms with Crippen LogP contribution in [0.15, 0.2) is 24.3 Å². The molecule has 4 saturated carbocycles. The summed E-state index contributed by atoms with van der Waals surface area (Å²) in [6, 6.07) is 5.46. The fourth-order valence-electron chi connectivity index (χ4n) is 5.09. The molecule has 0 unspecified atom stereocenters. The van der Waals surface area contributed by atoms with E-state index in [0.717, 1.165) is 19.3 Å². The van der Waals surface area contributed by atoms with Gasteiger partial charge in [0, 0.05) is 12.1 Å². The molecule has 5 rings (SSSR count). The van der Waals surface area contributed by atoms with E-state index in [1.165, 1.54) is 43.5 Å². The summed E-state index contributed by atoms with van der Waals surface area (Å²) in [4.78, 5) is 22.3. The predicted octanol–water partition coefficient (Wildman–Crippen LogP) is 4.08. The van der Waals surface area contributed by atoms with Crippen LogP contribution in [0, 0.1) is 27.9 Å². The van der Waals surface area contributed by atoms with E-state index in [4.69, 9.17) is 9.47 Å². The van der Waals surface area contributed by atoms with Gasteiger partial charge in [0.15, 0.2) is 0 Å². The van der Waals surface area contributed by atoms with Gasteiger partial charge in [-0.15, -0.1) is 0 Å². The van der Waals surface area contributed by atoms with Gasteiger partial charge in [-0.1, -0.05) is 0 Å². The van der Waals surface area contributed by atoms with Gasteiger partial charge in [0.1, 0.15) is 11.4 Å². The second kappa shape index (κ2) is 5.22. The lowest BCUT2D eigenvalue weighted by Gasteiger charge is -2.55. The number of nitro groups is 1. The largest absolute Gasteiger partial charge is 0.514 e. The predicted molar refractivity (Wildman–Crippen MR) is 81.1 cm³/mol. The average Bonchev–Trinajstić information content (AvgIpc) is 2.45. The Morgan fingerprint density at radius 2 is 1.57 bits per heavy atom. The van der Waals surface area contributed by atoms with Gasteiger partial charge in [0.05, 0.1) is 4.92 Å². The molecule has 0 saturated heterocycles. The summed E-state index contributed by atoms with van der Waals surface area (Å²) >= 11 is 0. The highest BCUT2D eigenvalue weighted by Crippen LogP contribution is 2.57. The number of non-ortho nitro benzene ring substituents is 1. The van der Waals surface area contributed by atoms with Crippen molar-refractivity contribution >= 4 is 11.8 Å². The molecule has 4 aliphatic carbocycles. The van der Waals surface area contributed by atoms with Crippen LogP contribution in [0.5, 0.6) is 5.75 Å². The summed E-state index contributed by atoms with van der Waals surface area (Å²) in [5.74, 6) is 2.33. The number of nitro benzene ring substituents is 1. The zero-order valence-electron chi connectivity index (χ0n) is 12.8. The fourth-order valence-corrected chi connectivity index (χ4v) is 5.09. The van der Waals surface area contributed by atoms with Gasteiger partial charge in [0.25, 0.3) is 5.69 Å². The highest BCUT2D eigenvalue weighted by molar-refractivity contribution is 5.64. The summed E-state index contributed by atoms with van der Waals surface area (Å²) in [7, 11) is 0. The minimum absolute atomic E-state index is 0.0354. The molecule has 6 heteroatoms. The Morgan fingerprint density at radius 3 is 2.04 bits per heavy atom. The summed E-state index contributed by atoms with van der Waals surface area (Å²) in [5.41, 5.74) is -0.376. The van der Waals surface area contributed by atoms with Gasteiger partial charge < -0.3 is 9.47 Å². The number of hydrogen-bond donors (Lipinski definition) is 0. The van der Waals surface area contributed by atoms with Crippen LogP contribution in [0.25, 0.3) is 0 Å². The van der Waals surface area contributed by atoms with Crippen LogP contribution in [-0.4, -0.2) is 16.7 Å². The SMILES string of the molecule is O=C(Oc1ccc([N+](=O)[O-])cc1)OC12CC3CC(CC(C3)C1)C2. The summed E-state index contributed by atoms with van der Waals surface area (Å²) in [6.07, 6.45) is 6.00. The van der Waals surface area contributed by atoms with E-state index >= 15 is 0 Å². The van der Waals surface area contributed by atoms with Crippen molar-refractivity contribution in [2.24, 2.45) is 17.8 Å². The number of hydrogen-bond acceptors (Lipinski definition) is 5. The Balaban J connectivity index is 1.41. The highest BCUT2D eigenvalue weighted by atomic mass is 16.7. The van der Waals surface area contributed by atoms with Gasteiger partial charge in [-0.25, -0.2) is 4.79 Å². The molecular formula is C17H19NO5. The van der Waals surface area contributed by atoms with Crippen molar-refractivity contribution in [2.75, 3.05) is 0 Å². The standard InChI is InChI=1S/C17H19NO5/c19-16(22-15-3-1-14(2-4-15)18(20)21)23-17-8-11-5-12(9-17)7-13(6-11)10-17/h1-4,11-13H,5-10H2. The second-order valence-electron chi connectivity index (χ2n) is 7.31. The third-order valence-electron chi connectivity index (χ3n) is 5.53. The zero-order chi connectivity index (χ0) is 16.0. The Labute approximate surface area is 133 Å². The lowest BCUT2D eigenvalue weighted by atomic mass is 9.54. The van der Waals surface area contributed by atoms with Crippen LogP contribution in [0.2, 0.25) is 0 Å². The first-order valence-electron chi connectivity index (χ1n) is 8.17. The quantitative estimate of drug-likeness (QED) is 0.363. The lowest BCUT2D eigenvalue weighted by Crippen LogP contribution is -2.53. The molecule has 122 valence electrons. The van der Waals surface area contributed by atoms with E-state index < -0.39 is 11.1 Å². The molecule has 4 fully saturated rings. The monoisotopic (exact) mass is 317 g/mol. The van der Waals surface area contributed by atoms with Crippen molar-refractivity contribution in [1.29, 1.82) is 0 Å². The van der Waals surface area contributed by atoms with Gasteiger partial charge >= 0.3 is 6.16 Å². The van der Waals surface area contributed by atoms with Gasteiger partial charge in [-0.2, -0.15) is 0 Å². The van der Waals surface area contributed by atoms with Crippen molar-refractivity contribution in [3.05, 3.63) is 34.4 Å². The van der Waals surface area contributed by atoms with Crippen LogP contribution in [-0.2, 0) is 4.74 Å². The molecule has 0 heterocycles. The van der Waals surface area contributed by atoms with E-state index in [0.29, 0.717) is 17.8 Å². The number of rotatable bonds is 3. The van der Waals surface area contributed by atoms with Gasteiger partial charge in [-0.3, -0.25) is 10.1 Å². The number of ether oxygens (including phenoxy) is 2. The fraction of sp³-hybridized carbons (Fsp3) is 0.588. The summed E-state index contributed by atoms with van der Waals surface area (Å²) in [5, 5.41) is 10.6. The van der Waals surface area contributed by atoms with E-state index in [-0.39, 0.29) is 17.0 Å². The molecule has 0 aliphatic heterocycles. The summed E-state index contributed by atoms with van der Waals surface area (Å²) in [6.45, 7) is 0. The van der Waals surface area contributed by atoms with Crippen LogP contribution < -0.4 is 4.74 Å². The van der Waals surface area contributed by atoms with Crippen LogP contribution >= 0.6 is 0 Å². The average molecular weight is 317 g/mol. The third-order valence-corrected chi connectivity index (χ3v) is 5.53. The highest BCUT2D eigenvalue weighted by Gasteiger charge is 2.53. The Hall–Kier alpha value is -2.11. The lowest BCUT2D eigenvalue weighted by molar-refractivity contribution is -0.384. The van der Waals surface area contributed by atoms with Gasteiger partial charge in [-0.05, 0) is 68.4 Å². The third kappa shape index (κ3) is 2.78. The topological polar surface area (TPSA) is 78.7 Å². The molecule has 23 heavy (non-hydrogen) atoms. The molecule has 0 atom stereocenters. The Kier molecular flexibility index (Phi) is 3.28. The molecule has 0 amide bonds. The first-order chi connectivity index (χ1) is 11.0. The number of carbonyl (C=O) groups excluding carboxylic acids is 1. The minimum Gasteiger partial charge on any atom is -0.427 e. The first kappa shape index (κ1) is 14.5. The normalized spacial score (nSPS) is 34.2. The minimum atomic E-state index is -0.694. The van der Waals surface area contributed by atoms with Crippen LogP contribution in [0.1, 0.15) is 38.5 Å². The van der Waals surface area contributed by atoms with E-state index in [2.05, 4.69) is 0 Å². The van der Waals surface area contributed by atoms with Crippen molar-refractivity contribution in [2.45, 2.75) is 44.1 Å². The van der Waals surface area contributed by atoms with E-state index in [1.807, 2.05) is 0 Å². The van der Waals surface area contributed by atoms with Crippen molar-refractivity contribution in [1.82, 2.24) is 0 Å². The Bertz CT molecular complexity index is 604. The maximum absolute atomic E-state index is 12.1. The maximum atomic E-state index is 12.1. The molecule has 4 aliphatic rings. The zero-order valence-corrected chi connectivity index (χ0v) is 12.8. The van der Waals surface area contributed by atoms with E-state index in [9.17, 15) is 14.9 Å². The van der Waals surface area contributed by atoms with Crippen molar-refractivity contribution < 1.29 is 19.2 Å². The van der Waals surface area contributed by atoms with Crippen LogP contribution in [0.4, 0.5) is 10.5 Å². The van der Waals surface area contributed by atoms with Crippen molar-refractivity contribution in [3.63, 3.8) is 0 Å². The number of benzene rings is 1. The molecule has 6 nitrogen and oxygen atoms in total. The molecule has 4 bridgehead atoms. The molecule has 0 spiro atoms. The molecule has 0 N–H and O–H groups in total. The van der Waals surface area contributed by atoms with Gasteiger partial charge in [0.2, 0.25) is 0 Å². The number of carbonyl (C=O) groups is 1. The molecule has 1 aromatic rings. The summed E-state index contributed by atoms with van der Waals surface area (Å²) < 4.78 is 10.9. The maximum Gasteiger partial charge on any atom is 0.514 e. The van der Waals surface area contributed by atoms with Crippen LogP contribution in [0.3, 0.4) is 0 Å². The second-order valence-corrected chi connectivity index (χ2v) is 7.31. The molecule has 0 aromatic heterocycles. The molecule has 0 radical (unpaired) electrons. The Morgan fingerprint density at radius 1 is 1.04 bits per heavy atom. The molecule has 1 aromatic carbocycles.